The van der Waals surface area contributed by atoms with Gasteiger partial charge >= 0.3 is 0 Å². The molecule has 0 aliphatic carbocycles. The van der Waals surface area contributed by atoms with Crippen LogP contribution in [0.4, 0.5) is 11.4 Å². The Labute approximate surface area is 107 Å². The molecule has 5 heteroatoms. The third-order valence-electron chi connectivity index (χ3n) is 2.85. The van der Waals surface area contributed by atoms with Crippen LogP contribution in [0.15, 0.2) is 18.2 Å². The average molecular weight is 252 g/mol. The predicted octanol–water partition coefficient (Wildman–Crippen LogP) is 2.71. The number of aliphatic hydroxyl groups is 1. The number of anilines is 1. The van der Waals surface area contributed by atoms with E-state index in [1.807, 2.05) is 0 Å². The number of hydrogen-bond acceptors (Lipinski definition) is 4. The van der Waals surface area contributed by atoms with Crippen molar-refractivity contribution < 1.29 is 10.0 Å². The lowest BCUT2D eigenvalue weighted by Crippen LogP contribution is -2.31. The van der Waals surface area contributed by atoms with E-state index in [4.69, 9.17) is 0 Å². The highest BCUT2D eigenvalue weighted by Crippen LogP contribution is 2.26. The minimum Gasteiger partial charge on any atom is -0.391 e. The fourth-order valence-corrected chi connectivity index (χ4v) is 1.98. The molecule has 0 aromatic heterocycles. The molecule has 1 N–H and O–H groups in total. The number of nitro benzene ring substituents is 1. The number of hydrogen-bond donors (Lipinski definition) is 1. The molecule has 1 aromatic rings. The summed E-state index contributed by atoms with van der Waals surface area (Å²) in [6.45, 7) is 6.82. The summed E-state index contributed by atoms with van der Waals surface area (Å²) in [7, 11) is 0. The summed E-state index contributed by atoms with van der Waals surface area (Å²) >= 11 is 0. The van der Waals surface area contributed by atoms with Crippen LogP contribution in [-0.4, -0.2) is 22.6 Å². The highest BCUT2D eigenvalue weighted by Gasteiger charge is 2.16. The van der Waals surface area contributed by atoms with E-state index in [1.165, 1.54) is 6.07 Å². The number of benzene rings is 1. The molecule has 0 radical (unpaired) electrons. The van der Waals surface area contributed by atoms with E-state index < -0.39 is 4.92 Å². The fourth-order valence-electron chi connectivity index (χ4n) is 1.98. The van der Waals surface area contributed by atoms with E-state index in [2.05, 4.69) is 25.7 Å². The second kappa shape index (κ2) is 6.35. The van der Waals surface area contributed by atoms with Gasteiger partial charge in [-0.1, -0.05) is 6.92 Å². The Bertz CT molecular complexity index is 419. The topological polar surface area (TPSA) is 66.6 Å². The minimum atomic E-state index is -0.463. The van der Waals surface area contributed by atoms with Crippen LogP contribution >= 0.6 is 0 Å². The molecule has 0 spiro atoms. The third-order valence-corrected chi connectivity index (χ3v) is 2.85. The summed E-state index contributed by atoms with van der Waals surface area (Å²) < 4.78 is 0. The molecule has 0 atom stereocenters. The molecule has 100 valence electrons. The van der Waals surface area contributed by atoms with Gasteiger partial charge < -0.3 is 10.0 Å². The molecule has 0 amide bonds. The number of nitro groups is 1. The Morgan fingerprint density at radius 2 is 2.11 bits per heavy atom. The highest BCUT2D eigenvalue weighted by atomic mass is 16.6. The molecule has 0 fully saturated rings. The van der Waals surface area contributed by atoms with Gasteiger partial charge in [-0.25, -0.2) is 0 Å². The van der Waals surface area contributed by atoms with Gasteiger partial charge in [0.1, 0.15) is 0 Å². The van der Waals surface area contributed by atoms with Gasteiger partial charge in [-0.2, -0.15) is 0 Å². The summed E-state index contributed by atoms with van der Waals surface area (Å²) in [5.74, 6) is 0. The number of nitrogens with zero attached hydrogens (tertiary/aromatic N) is 2. The predicted molar refractivity (Wildman–Crippen MR) is 71.8 cm³/mol. The zero-order chi connectivity index (χ0) is 13.7. The molecule has 0 heterocycles. The molecule has 0 aliphatic rings. The minimum absolute atomic E-state index is 0.0264. The van der Waals surface area contributed by atoms with Crippen molar-refractivity contribution in [3.8, 4) is 0 Å². The van der Waals surface area contributed by atoms with E-state index in [0.717, 1.165) is 18.7 Å². The lowest BCUT2D eigenvalue weighted by molar-refractivity contribution is -0.385. The first kappa shape index (κ1) is 14.4. The first-order chi connectivity index (χ1) is 8.51. The maximum atomic E-state index is 10.8. The highest BCUT2D eigenvalue weighted by molar-refractivity contribution is 5.56. The van der Waals surface area contributed by atoms with Crippen LogP contribution in [0.2, 0.25) is 0 Å². The van der Waals surface area contributed by atoms with Gasteiger partial charge in [-0.15, -0.1) is 0 Å². The van der Waals surface area contributed by atoms with Crippen LogP contribution in [0.3, 0.4) is 0 Å². The normalized spacial score (nSPS) is 10.7. The number of rotatable bonds is 6. The summed E-state index contributed by atoms with van der Waals surface area (Å²) in [4.78, 5) is 12.5. The zero-order valence-electron chi connectivity index (χ0n) is 11.1. The van der Waals surface area contributed by atoms with Gasteiger partial charge in [0.25, 0.3) is 5.69 Å². The maximum absolute atomic E-state index is 10.8. The molecule has 5 nitrogen and oxygen atoms in total. The molecule has 0 unspecified atom stereocenters. The van der Waals surface area contributed by atoms with Crippen molar-refractivity contribution in [1.29, 1.82) is 0 Å². The Kier molecular flexibility index (Phi) is 5.09. The van der Waals surface area contributed by atoms with Crippen LogP contribution in [-0.2, 0) is 6.61 Å². The Morgan fingerprint density at radius 3 is 2.56 bits per heavy atom. The van der Waals surface area contributed by atoms with E-state index in [0.29, 0.717) is 11.6 Å². The summed E-state index contributed by atoms with van der Waals surface area (Å²) in [6.07, 6.45) is 1.00. The summed E-state index contributed by atoms with van der Waals surface area (Å²) in [6, 6.07) is 5.23. The van der Waals surface area contributed by atoms with Crippen molar-refractivity contribution in [2.24, 2.45) is 0 Å². The van der Waals surface area contributed by atoms with Crippen molar-refractivity contribution in [3.63, 3.8) is 0 Å². The standard InChI is InChI=1S/C13H20N2O3/c1-4-7-14(10(2)3)12-5-6-13(15(17)18)11(8-12)9-16/h5-6,8,10,16H,4,7,9H2,1-3H3. The van der Waals surface area contributed by atoms with Crippen molar-refractivity contribution in [2.45, 2.75) is 39.8 Å². The largest absolute Gasteiger partial charge is 0.391 e. The summed E-state index contributed by atoms with van der Waals surface area (Å²) in [5.41, 5.74) is 1.25. The molecule has 1 rings (SSSR count). The van der Waals surface area contributed by atoms with Crippen molar-refractivity contribution in [3.05, 3.63) is 33.9 Å². The Hall–Kier alpha value is -1.62. The van der Waals surface area contributed by atoms with Crippen LogP contribution in [0.5, 0.6) is 0 Å². The van der Waals surface area contributed by atoms with Gasteiger partial charge in [0.05, 0.1) is 17.1 Å². The molecule has 0 saturated carbocycles. The fraction of sp³-hybridized carbons (Fsp3) is 0.538. The summed E-state index contributed by atoms with van der Waals surface area (Å²) in [5, 5.41) is 20.0. The van der Waals surface area contributed by atoms with Crippen LogP contribution in [0, 0.1) is 10.1 Å². The van der Waals surface area contributed by atoms with Crippen LogP contribution in [0.25, 0.3) is 0 Å². The van der Waals surface area contributed by atoms with E-state index in [1.54, 1.807) is 12.1 Å². The Balaban J connectivity index is 3.13. The molecule has 0 saturated heterocycles. The second-order valence-electron chi connectivity index (χ2n) is 4.52. The Morgan fingerprint density at radius 1 is 1.44 bits per heavy atom. The lowest BCUT2D eigenvalue weighted by Gasteiger charge is -2.28. The third kappa shape index (κ3) is 3.20. The van der Waals surface area contributed by atoms with Crippen molar-refractivity contribution in [2.75, 3.05) is 11.4 Å². The molecule has 1 aromatic carbocycles. The lowest BCUT2D eigenvalue weighted by atomic mass is 10.1. The molecular formula is C13H20N2O3. The van der Waals surface area contributed by atoms with Gasteiger partial charge in [-0.05, 0) is 32.4 Å². The maximum Gasteiger partial charge on any atom is 0.275 e. The number of aliphatic hydroxyl groups excluding tert-OH is 1. The van der Waals surface area contributed by atoms with Gasteiger partial charge in [0, 0.05) is 24.3 Å². The van der Waals surface area contributed by atoms with E-state index in [-0.39, 0.29) is 12.3 Å². The molecule has 0 bridgehead atoms. The first-order valence-electron chi connectivity index (χ1n) is 6.16. The van der Waals surface area contributed by atoms with Gasteiger partial charge in [-0.3, -0.25) is 10.1 Å². The molecule has 0 aliphatic heterocycles. The van der Waals surface area contributed by atoms with Crippen molar-refractivity contribution in [1.82, 2.24) is 0 Å². The van der Waals surface area contributed by atoms with E-state index in [9.17, 15) is 15.2 Å². The smallest absolute Gasteiger partial charge is 0.275 e. The molecular weight excluding hydrogens is 232 g/mol. The molecule has 18 heavy (non-hydrogen) atoms. The van der Waals surface area contributed by atoms with Crippen molar-refractivity contribution >= 4 is 11.4 Å². The van der Waals surface area contributed by atoms with E-state index >= 15 is 0 Å². The van der Waals surface area contributed by atoms with Gasteiger partial charge in [0.2, 0.25) is 0 Å². The van der Waals surface area contributed by atoms with Crippen LogP contribution < -0.4 is 4.90 Å². The second-order valence-corrected chi connectivity index (χ2v) is 4.52. The first-order valence-corrected chi connectivity index (χ1v) is 6.16. The quantitative estimate of drug-likeness (QED) is 0.624. The zero-order valence-corrected chi connectivity index (χ0v) is 11.1. The van der Waals surface area contributed by atoms with Crippen LogP contribution in [0.1, 0.15) is 32.8 Å². The average Bonchev–Trinajstić information content (AvgIpc) is 2.34. The monoisotopic (exact) mass is 252 g/mol. The SMILES string of the molecule is CCCN(c1ccc([N+](=O)[O-])c(CO)c1)C(C)C. The van der Waals surface area contributed by atoms with Gasteiger partial charge in [0.15, 0.2) is 0 Å².